The minimum Gasteiger partial charge on any atom is -0.453 e. The molecular formula is C12H8Cl2O2. The summed E-state index contributed by atoms with van der Waals surface area (Å²) in [7, 11) is 0. The average Bonchev–Trinajstić information content (AvgIpc) is 2.97. The third kappa shape index (κ3) is 1.62. The number of furan rings is 1. The fourth-order valence-electron chi connectivity index (χ4n) is 1.73. The first-order valence-corrected chi connectivity index (χ1v) is 5.83. The summed E-state index contributed by atoms with van der Waals surface area (Å²) in [5, 5.41) is 1.77. The molecule has 1 aliphatic rings. The Labute approximate surface area is 102 Å². The third-order valence-electron chi connectivity index (χ3n) is 2.74. The maximum absolute atomic E-state index is 11.8. The van der Waals surface area contributed by atoms with Gasteiger partial charge in [0.1, 0.15) is 5.58 Å². The standard InChI is InChI=1S/C12H8Cl2O2/c13-7-3-9(14)8-5-11(16-10(8)4-7)12(15)6-1-2-6/h3-6H,1-2H2. The summed E-state index contributed by atoms with van der Waals surface area (Å²) in [4.78, 5) is 11.8. The Morgan fingerprint density at radius 1 is 1.25 bits per heavy atom. The molecule has 2 nitrogen and oxygen atoms in total. The van der Waals surface area contributed by atoms with Crippen molar-refractivity contribution in [1.82, 2.24) is 0 Å². The van der Waals surface area contributed by atoms with Crippen molar-refractivity contribution in [2.75, 3.05) is 0 Å². The SMILES string of the molecule is O=C(c1cc2c(Cl)cc(Cl)cc2o1)C1CC1. The Morgan fingerprint density at radius 2 is 2.00 bits per heavy atom. The van der Waals surface area contributed by atoms with Gasteiger partial charge < -0.3 is 4.42 Å². The molecule has 82 valence electrons. The van der Waals surface area contributed by atoms with Gasteiger partial charge in [-0.15, -0.1) is 0 Å². The number of rotatable bonds is 2. The molecule has 1 heterocycles. The zero-order chi connectivity index (χ0) is 11.3. The fraction of sp³-hybridized carbons (Fsp3) is 0.250. The van der Waals surface area contributed by atoms with Gasteiger partial charge in [-0.3, -0.25) is 4.79 Å². The van der Waals surface area contributed by atoms with E-state index >= 15 is 0 Å². The summed E-state index contributed by atoms with van der Waals surface area (Å²) in [5.74, 6) is 0.611. The van der Waals surface area contributed by atoms with Crippen LogP contribution in [0.15, 0.2) is 22.6 Å². The number of Topliss-reactive ketones (excluding diaryl/α,β-unsaturated/α-hetero) is 1. The Balaban J connectivity index is 2.14. The van der Waals surface area contributed by atoms with E-state index in [9.17, 15) is 4.79 Å². The summed E-state index contributed by atoms with van der Waals surface area (Å²) in [6.07, 6.45) is 1.93. The Morgan fingerprint density at radius 3 is 2.69 bits per heavy atom. The van der Waals surface area contributed by atoms with E-state index in [0.717, 1.165) is 18.2 Å². The maximum atomic E-state index is 11.8. The molecule has 0 spiro atoms. The number of halogens is 2. The second-order valence-electron chi connectivity index (χ2n) is 4.05. The second-order valence-corrected chi connectivity index (χ2v) is 4.89. The molecule has 2 aromatic rings. The van der Waals surface area contributed by atoms with Crippen molar-refractivity contribution in [2.45, 2.75) is 12.8 Å². The number of benzene rings is 1. The van der Waals surface area contributed by atoms with Crippen LogP contribution in [0.5, 0.6) is 0 Å². The molecule has 1 aliphatic carbocycles. The molecule has 0 saturated heterocycles. The van der Waals surface area contributed by atoms with E-state index in [1.807, 2.05) is 0 Å². The summed E-state index contributed by atoms with van der Waals surface area (Å²) >= 11 is 11.9. The molecule has 4 heteroatoms. The maximum Gasteiger partial charge on any atom is 0.201 e. The molecular weight excluding hydrogens is 247 g/mol. The summed E-state index contributed by atoms with van der Waals surface area (Å²) in [6.45, 7) is 0. The van der Waals surface area contributed by atoms with Crippen LogP contribution in [0.1, 0.15) is 23.4 Å². The number of ketones is 1. The van der Waals surface area contributed by atoms with E-state index in [0.29, 0.717) is 21.4 Å². The van der Waals surface area contributed by atoms with Crippen LogP contribution in [0.25, 0.3) is 11.0 Å². The molecule has 3 rings (SSSR count). The lowest BCUT2D eigenvalue weighted by molar-refractivity contribution is 0.0942. The Kier molecular flexibility index (Phi) is 2.23. The topological polar surface area (TPSA) is 30.2 Å². The summed E-state index contributed by atoms with van der Waals surface area (Å²) < 4.78 is 5.47. The summed E-state index contributed by atoms with van der Waals surface area (Å²) in [6, 6.07) is 5.02. The van der Waals surface area contributed by atoms with Crippen LogP contribution < -0.4 is 0 Å². The Bertz CT molecular complexity index is 582. The first-order valence-electron chi connectivity index (χ1n) is 5.08. The highest BCUT2D eigenvalue weighted by molar-refractivity contribution is 6.38. The quantitative estimate of drug-likeness (QED) is 0.747. The van der Waals surface area contributed by atoms with Crippen molar-refractivity contribution in [2.24, 2.45) is 5.92 Å². The van der Waals surface area contributed by atoms with Crippen molar-refractivity contribution in [3.63, 3.8) is 0 Å². The zero-order valence-electron chi connectivity index (χ0n) is 8.30. The molecule has 1 aromatic heterocycles. The molecule has 0 unspecified atom stereocenters. The molecule has 16 heavy (non-hydrogen) atoms. The van der Waals surface area contributed by atoms with Crippen molar-refractivity contribution in [1.29, 1.82) is 0 Å². The van der Waals surface area contributed by atoms with E-state index in [2.05, 4.69) is 0 Å². The van der Waals surface area contributed by atoms with Gasteiger partial charge in [0.05, 0.1) is 5.02 Å². The number of carbonyl (C=O) groups is 1. The van der Waals surface area contributed by atoms with Crippen LogP contribution in [0.3, 0.4) is 0 Å². The van der Waals surface area contributed by atoms with E-state index in [-0.39, 0.29) is 11.7 Å². The van der Waals surface area contributed by atoms with Crippen LogP contribution in [0, 0.1) is 5.92 Å². The van der Waals surface area contributed by atoms with Gasteiger partial charge in [0.2, 0.25) is 5.78 Å². The predicted octanol–water partition coefficient (Wildman–Crippen LogP) is 4.33. The number of fused-ring (bicyclic) bond motifs is 1. The summed E-state index contributed by atoms with van der Waals surface area (Å²) in [5.41, 5.74) is 0.571. The van der Waals surface area contributed by atoms with Crippen LogP contribution in [0.4, 0.5) is 0 Å². The number of hydrogen-bond donors (Lipinski definition) is 0. The van der Waals surface area contributed by atoms with Gasteiger partial charge in [0.15, 0.2) is 5.76 Å². The van der Waals surface area contributed by atoms with Gasteiger partial charge >= 0.3 is 0 Å². The molecule has 1 fully saturated rings. The molecule has 0 radical (unpaired) electrons. The minimum absolute atomic E-state index is 0.0726. The van der Waals surface area contributed by atoms with Crippen molar-refractivity contribution in [3.8, 4) is 0 Å². The highest BCUT2D eigenvalue weighted by atomic mass is 35.5. The van der Waals surface area contributed by atoms with Crippen LogP contribution in [-0.4, -0.2) is 5.78 Å². The molecule has 0 N–H and O–H groups in total. The van der Waals surface area contributed by atoms with Crippen molar-refractivity contribution < 1.29 is 9.21 Å². The molecule has 0 bridgehead atoms. The van der Waals surface area contributed by atoms with E-state index < -0.39 is 0 Å². The van der Waals surface area contributed by atoms with Crippen LogP contribution in [-0.2, 0) is 0 Å². The molecule has 1 saturated carbocycles. The second kappa shape index (κ2) is 3.51. The van der Waals surface area contributed by atoms with Crippen LogP contribution in [0.2, 0.25) is 10.0 Å². The first-order chi connectivity index (χ1) is 7.65. The Hall–Kier alpha value is -0.990. The minimum atomic E-state index is 0.0726. The molecule has 0 amide bonds. The largest absolute Gasteiger partial charge is 0.453 e. The van der Waals surface area contributed by atoms with Crippen LogP contribution >= 0.6 is 23.2 Å². The highest BCUT2D eigenvalue weighted by Gasteiger charge is 2.32. The molecule has 1 aromatic carbocycles. The lowest BCUT2D eigenvalue weighted by Crippen LogP contribution is -1.98. The highest BCUT2D eigenvalue weighted by Crippen LogP contribution is 2.36. The number of hydrogen-bond acceptors (Lipinski definition) is 2. The normalized spacial score (nSPS) is 15.6. The third-order valence-corrected chi connectivity index (χ3v) is 3.27. The van der Waals surface area contributed by atoms with Gasteiger partial charge in [0.25, 0.3) is 0 Å². The lowest BCUT2D eigenvalue weighted by atomic mass is 10.2. The molecule has 0 atom stereocenters. The smallest absolute Gasteiger partial charge is 0.201 e. The zero-order valence-corrected chi connectivity index (χ0v) is 9.81. The molecule has 0 aliphatic heterocycles. The van der Waals surface area contributed by atoms with Crippen molar-refractivity contribution in [3.05, 3.63) is 34.0 Å². The average molecular weight is 255 g/mol. The number of carbonyl (C=O) groups excluding carboxylic acids is 1. The first kappa shape index (κ1) is 10.2. The predicted molar refractivity (Wildman–Crippen MR) is 63.3 cm³/mol. The van der Waals surface area contributed by atoms with Gasteiger partial charge in [-0.05, 0) is 25.0 Å². The van der Waals surface area contributed by atoms with E-state index in [4.69, 9.17) is 27.6 Å². The van der Waals surface area contributed by atoms with Gasteiger partial charge in [-0.1, -0.05) is 23.2 Å². The van der Waals surface area contributed by atoms with Gasteiger partial charge in [-0.2, -0.15) is 0 Å². The van der Waals surface area contributed by atoms with E-state index in [1.54, 1.807) is 18.2 Å². The van der Waals surface area contributed by atoms with Gasteiger partial charge in [-0.25, -0.2) is 0 Å². The van der Waals surface area contributed by atoms with E-state index in [1.165, 1.54) is 0 Å². The lowest BCUT2D eigenvalue weighted by Gasteiger charge is -1.92. The van der Waals surface area contributed by atoms with Gasteiger partial charge in [0, 0.05) is 22.4 Å². The fourth-order valence-corrected chi connectivity index (χ4v) is 2.26. The van der Waals surface area contributed by atoms with Crippen molar-refractivity contribution >= 4 is 40.0 Å². The monoisotopic (exact) mass is 254 g/mol.